The fourth-order valence-corrected chi connectivity index (χ4v) is 2.00. The van der Waals surface area contributed by atoms with Gasteiger partial charge in [-0.05, 0) is 58.9 Å². The fourth-order valence-electron chi connectivity index (χ4n) is 2.00. The van der Waals surface area contributed by atoms with Gasteiger partial charge < -0.3 is 10.1 Å². The molecule has 22 heavy (non-hydrogen) atoms. The van der Waals surface area contributed by atoms with E-state index in [1.165, 1.54) is 0 Å². The quantitative estimate of drug-likeness (QED) is 0.648. The van der Waals surface area contributed by atoms with E-state index >= 15 is 0 Å². The third-order valence-electron chi connectivity index (χ3n) is 3.31. The Labute approximate surface area is 132 Å². The van der Waals surface area contributed by atoms with Crippen molar-refractivity contribution in [3.8, 4) is 0 Å². The van der Waals surface area contributed by atoms with Crippen LogP contribution in [0.1, 0.15) is 38.8 Å². The van der Waals surface area contributed by atoms with Crippen LogP contribution in [0.25, 0.3) is 0 Å². The second-order valence-electron chi connectivity index (χ2n) is 6.55. The average molecular weight is 306 g/mol. The molecule has 0 aliphatic carbocycles. The molecule has 1 unspecified atom stereocenters. The average Bonchev–Trinajstić information content (AvgIpc) is 2.39. The number of carbonyl (C=O) groups excluding carboxylic acids is 2. The van der Waals surface area contributed by atoms with Crippen molar-refractivity contribution in [3.05, 3.63) is 29.3 Å². The van der Waals surface area contributed by atoms with Crippen molar-refractivity contribution in [3.63, 3.8) is 0 Å². The minimum absolute atomic E-state index is 0.257. The molecular weight excluding hydrogens is 280 g/mol. The summed E-state index contributed by atoms with van der Waals surface area (Å²) < 4.78 is 5.40. The number of esters is 1. The molecule has 0 aromatic heterocycles. The van der Waals surface area contributed by atoms with Crippen molar-refractivity contribution in [2.24, 2.45) is 0 Å². The molecule has 0 fully saturated rings. The van der Waals surface area contributed by atoms with E-state index in [2.05, 4.69) is 5.32 Å². The Morgan fingerprint density at radius 3 is 2.59 bits per heavy atom. The van der Waals surface area contributed by atoms with Crippen LogP contribution in [0.3, 0.4) is 0 Å². The third kappa shape index (κ3) is 5.48. The second-order valence-corrected chi connectivity index (χ2v) is 6.55. The topological polar surface area (TPSA) is 58.6 Å². The van der Waals surface area contributed by atoms with Crippen molar-refractivity contribution in [1.29, 1.82) is 0 Å². The predicted molar refractivity (Wildman–Crippen MR) is 87.6 cm³/mol. The monoisotopic (exact) mass is 306 g/mol. The van der Waals surface area contributed by atoms with Crippen LogP contribution in [0.15, 0.2) is 18.2 Å². The van der Waals surface area contributed by atoms with Crippen molar-refractivity contribution in [1.82, 2.24) is 4.90 Å². The zero-order valence-corrected chi connectivity index (χ0v) is 14.3. The smallest absolute Gasteiger partial charge is 0.323 e. The Balaban J connectivity index is 2.81. The van der Waals surface area contributed by atoms with Crippen LogP contribution in [0.2, 0.25) is 0 Å². The highest BCUT2D eigenvalue weighted by atomic mass is 16.6. The third-order valence-corrected chi connectivity index (χ3v) is 3.31. The van der Waals surface area contributed by atoms with Crippen LogP contribution in [-0.2, 0) is 20.9 Å². The molecule has 0 spiro atoms. The summed E-state index contributed by atoms with van der Waals surface area (Å²) in [4.78, 5) is 24.7. The number of aryl methyl sites for hydroxylation is 1. The van der Waals surface area contributed by atoms with E-state index < -0.39 is 5.60 Å². The van der Waals surface area contributed by atoms with Gasteiger partial charge in [0.1, 0.15) is 11.6 Å². The SMILES string of the molecule is Cc1ccc(CN(C)C(C)C(=O)OC(C)(C)C)c(NC=O)c1. The minimum Gasteiger partial charge on any atom is -0.459 e. The molecule has 1 rings (SSSR count). The van der Waals surface area contributed by atoms with Crippen molar-refractivity contribution in [2.75, 3.05) is 12.4 Å². The lowest BCUT2D eigenvalue weighted by molar-refractivity contribution is -0.160. The zero-order chi connectivity index (χ0) is 16.9. The molecule has 0 aliphatic heterocycles. The lowest BCUT2D eigenvalue weighted by atomic mass is 10.1. The summed E-state index contributed by atoms with van der Waals surface area (Å²) in [6.45, 7) is 9.87. The van der Waals surface area contributed by atoms with E-state index in [9.17, 15) is 9.59 Å². The summed E-state index contributed by atoms with van der Waals surface area (Å²) in [6.07, 6.45) is 0.662. The molecule has 1 aromatic carbocycles. The van der Waals surface area contributed by atoms with Gasteiger partial charge in [0.15, 0.2) is 0 Å². The summed E-state index contributed by atoms with van der Waals surface area (Å²) in [5, 5.41) is 2.71. The molecule has 1 N–H and O–H groups in total. The molecule has 122 valence electrons. The van der Waals surface area contributed by atoms with Crippen molar-refractivity contribution < 1.29 is 14.3 Å². The normalized spacial score (nSPS) is 12.9. The minimum atomic E-state index is -0.500. The Bertz CT molecular complexity index is 535. The molecule has 0 saturated heterocycles. The number of ether oxygens (including phenoxy) is 1. The highest BCUT2D eigenvalue weighted by Crippen LogP contribution is 2.20. The summed E-state index contributed by atoms with van der Waals surface area (Å²) in [7, 11) is 1.86. The van der Waals surface area contributed by atoms with Gasteiger partial charge in [-0.25, -0.2) is 0 Å². The van der Waals surface area contributed by atoms with Crippen LogP contribution in [0.4, 0.5) is 5.69 Å². The molecule has 0 heterocycles. The molecule has 0 bridgehead atoms. The van der Waals surface area contributed by atoms with Gasteiger partial charge in [-0.2, -0.15) is 0 Å². The first-order valence-electron chi connectivity index (χ1n) is 7.37. The van der Waals surface area contributed by atoms with E-state index in [0.717, 1.165) is 16.8 Å². The Kier molecular flexibility index (Phi) is 6.11. The van der Waals surface area contributed by atoms with Crippen molar-refractivity contribution in [2.45, 2.75) is 52.8 Å². The maximum absolute atomic E-state index is 12.1. The van der Waals surface area contributed by atoms with Crippen molar-refractivity contribution >= 4 is 18.1 Å². The summed E-state index contributed by atoms with van der Waals surface area (Å²) in [5.74, 6) is -0.257. The number of nitrogens with one attached hydrogen (secondary N) is 1. The number of hydrogen-bond acceptors (Lipinski definition) is 4. The van der Waals surface area contributed by atoms with Gasteiger partial charge in [-0.1, -0.05) is 12.1 Å². The first-order chi connectivity index (χ1) is 10.1. The van der Waals surface area contributed by atoms with Gasteiger partial charge >= 0.3 is 5.97 Å². The Morgan fingerprint density at radius 2 is 2.05 bits per heavy atom. The molecule has 1 aromatic rings. The number of anilines is 1. The first-order valence-corrected chi connectivity index (χ1v) is 7.37. The van der Waals surface area contributed by atoms with Crippen LogP contribution < -0.4 is 5.32 Å². The number of likely N-dealkylation sites (N-methyl/N-ethyl adjacent to an activating group) is 1. The number of rotatable bonds is 6. The fraction of sp³-hybridized carbons (Fsp3) is 0.529. The van der Waals surface area contributed by atoms with E-state index in [1.807, 2.05) is 64.8 Å². The van der Waals surface area contributed by atoms with Gasteiger partial charge in [0.25, 0.3) is 0 Å². The lowest BCUT2D eigenvalue weighted by Gasteiger charge is -2.28. The number of carbonyl (C=O) groups is 2. The first kappa shape index (κ1) is 18.2. The lowest BCUT2D eigenvalue weighted by Crippen LogP contribution is -2.40. The van der Waals surface area contributed by atoms with E-state index in [-0.39, 0.29) is 12.0 Å². The van der Waals surface area contributed by atoms with Crippen LogP contribution in [-0.4, -0.2) is 36.0 Å². The number of nitrogens with zero attached hydrogens (tertiary/aromatic N) is 1. The molecule has 0 saturated carbocycles. The summed E-state index contributed by atoms with van der Waals surface area (Å²) in [6, 6.07) is 5.48. The highest BCUT2D eigenvalue weighted by molar-refractivity contribution is 5.76. The van der Waals surface area contributed by atoms with E-state index in [4.69, 9.17) is 4.74 Å². The van der Waals surface area contributed by atoms with Crippen LogP contribution in [0, 0.1) is 6.92 Å². The predicted octanol–water partition coefficient (Wildman–Crippen LogP) is 2.73. The van der Waals surface area contributed by atoms with Crippen LogP contribution in [0.5, 0.6) is 0 Å². The van der Waals surface area contributed by atoms with Crippen LogP contribution >= 0.6 is 0 Å². The number of hydrogen-bond donors (Lipinski definition) is 1. The van der Waals surface area contributed by atoms with Gasteiger partial charge in [0, 0.05) is 12.2 Å². The molecule has 0 aliphatic rings. The van der Waals surface area contributed by atoms with Gasteiger partial charge in [-0.15, -0.1) is 0 Å². The van der Waals surface area contributed by atoms with Gasteiger partial charge in [0.05, 0.1) is 0 Å². The molecular formula is C17H26N2O3. The summed E-state index contributed by atoms with van der Waals surface area (Å²) >= 11 is 0. The maximum atomic E-state index is 12.1. The largest absolute Gasteiger partial charge is 0.459 e. The Morgan fingerprint density at radius 1 is 1.41 bits per heavy atom. The molecule has 5 nitrogen and oxygen atoms in total. The molecule has 5 heteroatoms. The molecule has 1 atom stereocenters. The molecule has 0 radical (unpaired) electrons. The highest BCUT2D eigenvalue weighted by Gasteiger charge is 2.25. The molecule has 1 amide bonds. The standard InChI is InChI=1S/C17H26N2O3/c1-12-7-8-14(15(9-12)18-11-20)10-19(6)13(2)16(21)22-17(3,4)5/h7-9,11,13H,10H2,1-6H3,(H,18,20). The summed E-state index contributed by atoms with van der Waals surface area (Å²) in [5.41, 5.74) is 2.28. The second kappa shape index (κ2) is 7.40. The number of amides is 1. The van der Waals surface area contributed by atoms with E-state index in [1.54, 1.807) is 0 Å². The zero-order valence-electron chi connectivity index (χ0n) is 14.3. The maximum Gasteiger partial charge on any atom is 0.323 e. The van der Waals surface area contributed by atoms with Gasteiger partial charge in [0.2, 0.25) is 6.41 Å². The van der Waals surface area contributed by atoms with E-state index in [0.29, 0.717) is 13.0 Å². The number of benzene rings is 1. The Hall–Kier alpha value is -1.88. The van der Waals surface area contributed by atoms with Gasteiger partial charge in [-0.3, -0.25) is 14.5 Å².